The maximum absolute atomic E-state index is 9.94. The molecule has 0 radical (unpaired) electrons. The Bertz CT molecular complexity index is 376. The molecule has 0 aliphatic carbocycles. The van der Waals surface area contributed by atoms with Crippen molar-refractivity contribution >= 4 is 0 Å². The van der Waals surface area contributed by atoms with Gasteiger partial charge in [0.25, 0.3) is 0 Å². The van der Waals surface area contributed by atoms with E-state index in [2.05, 4.69) is 4.90 Å². The number of hydrogen-bond donors (Lipinski definition) is 1. The van der Waals surface area contributed by atoms with Gasteiger partial charge in [0.2, 0.25) is 0 Å². The van der Waals surface area contributed by atoms with Crippen molar-refractivity contribution in [2.75, 3.05) is 20.7 Å². The number of benzene rings is 1. The molecule has 0 saturated heterocycles. The van der Waals surface area contributed by atoms with E-state index in [-0.39, 0.29) is 6.10 Å². The fraction of sp³-hybridized carbons (Fsp3) is 0.500. The zero-order chi connectivity index (χ0) is 11.0. The highest BCUT2D eigenvalue weighted by Crippen LogP contribution is 2.32. The SMILES string of the molecule is COc1ccc2c(c1C)CN(C)C[C@H]2O. The van der Waals surface area contributed by atoms with Crippen LogP contribution in [0.5, 0.6) is 5.75 Å². The zero-order valence-corrected chi connectivity index (χ0v) is 9.45. The smallest absolute Gasteiger partial charge is 0.122 e. The summed E-state index contributed by atoms with van der Waals surface area (Å²) in [6.45, 7) is 3.64. The first-order valence-corrected chi connectivity index (χ1v) is 5.16. The first kappa shape index (κ1) is 10.5. The van der Waals surface area contributed by atoms with Crippen LogP contribution in [0, 0.1) is 6.92 Å². The lowest BCUT2D eigenvalue weighted by Crippen LogP contribution is -2.30. The maximum Gasteiger partial charge on any atom is 0.122 e. The summed E-state index contributed by atoms with van der Waals surface area (Å²) in [6, 6.07) is 3.90. The third kappa shape index (κ3) is 1.73. The first-order chi connectivity index (χ1) is 7.13. The summed E-state index contributed by atoms with van der Waals surface area (Å²) in [7, 11) is 3.70. The summed E-state index contributed by atoms with van der Waals surface area (Å²) in [4.78, 5) is 2.12. The maximum atomic E-state index is 9.94. The Balaban J connectivity index is 2.51. The van der Waals surface area contributed by atoms with Crippen LogP contribution in [-0.2, 0) is 6.54 Å². The molecule has 1 aliphatic heterocycles. The summed E-state index contributed by atoms with van der Waals surface area (Å²) >= 11 is 0. The Morgan fingerprint density at radius 2 is 2.20 bits per heavy atom. The Labute approximate surface area is 90.3 Å². The van der Waals surface area contributed by atoms with E-state index in [1.807, 2.05) is 26.1 Å². The van der Waals surface area contributed by atoms with E-state index < -0.39 is 0 Å². The monoisotopic (exact) mass is 207 g/mol. The fourth-order valence-corrected chi connectivity index (χ4v) is 2.23. The van der Waals surface area contributed by atoms with Crippen molar-refractivity contribution in [3.05, 3.63) is 28.8 Å². The molecular weight excluding hydrogens is 190 g/mol. The molecule has 15 heavy (non-hydrogen) atoms. The number of likely N-dealkylation sites (N-methyl/N-ethyl adjacent to an activating group) is 1. The van der Waals surface area contributed by atoms with Crippen molar-refractivity contribution in [3.63, 3.8) is 0 Å². The molecule has 1 aromatic rings. The molecule has 1 atom stereocenters. The lowest BCUT2D eigenvalue weighted by Gasteiger charge is -2.30. The molecule has 1 aromatic carbocycles. The average Bonchev–Trinajstić information content (AvgIpc) is 2.19. The zero-order valence-electron chi connectivity index (χ0n) is 9.45. The number of β-amino-alcohol motifs (C(OH)–C–C–N with tert-alkyl or cyclic N) is 1. The van der Waals surface area contributed by atoms with E-state index in [1.165, 1.54) is 5.56 Å². The molecule has 3 heteroatoms. The number of hydrogen-bond acceptors (Lipinski definition) is 3. The summed E-state index contributed by atoms with van der Waals surface area (Å²) in [5.74, 6) is 0.899. The van der Waals surface area contributed by atoms with Crippen molar-refractivity contribution in [1.29, 1.82) is 0 Å². The molecule has 0 fully saturated rings. The third-order valence-corrected chi connectivity index (χ3v) is 3.08. The van der Waals surface area contributed by atoms with Crippen molar-refractivity contribution in [1.82, 2.24) is 4.90 Å². The largest absolute Gasteiger partial charge is 0.496 e. The van der Waals surface area contributed by atoms with Crippen LogP contribution in [0.15, 0.2) is 12.1 Å². The number of aliphatic hydroxyl groups excluding tert-OH is 1. The summed E-state index contributed by atoms with van der Waals surface area (Å²) in [5, 5.41) is 9.94. The van der Waals surface area contributed by atoms with Gasteiger partial charge in [0.15, 0.2) is 0 Å². The number of ether oxygens (including phenoxy) is 1. The van der Waals surface area contributed by atoms with Crippen molar-refractivity contribution in [2.45, 2.75) is 19.6 Å². The molecule has 0 unspecified atom stereocenters. The van der Waals surface area contributed by atoms with E-state index in [9.17, 15) is 5.11 Å². The van der Waals surface area contributed by atoms with Gasteiger partial charge in [-0.2, -0.15) is 0 Å². The van der Waals surface area contributed by atoms with Crippen molar-refractivity contribution < 1.29 is 9.84 Å². The third-order valence-electron chi connectivity index (χ3n) is 3.08. The number of methoxy groups -OCH3 is 1. The highest BCUT2D eigenvalue weighted by molar-refractivity contribution is 5.46. The first-order valence-electron chi connectivity index (χ1n) is 5.16. The highest BCUT2D eigenvalue weighted by atomic mass is 16.5. The normalized spacial score (nSPS) is 21.2. The number of rotatable bonds is 1. The Kier molecular flexibility index (Phi) is 2.67. The predicted octanol–water partition coefficient (Wildman–Crippen LogP) is 1.48. The molecule has 0 bridgehead atoms. The molecule has 1 heterocycles. The van der Waals surface area contributed by atoms with Gasteiger partial charge < -0.3 is 9.84 Å². The Morgan fingerprint density at radius 3 is 2.87 bits per heavy atom. The Morgan fingerprint density at radius 1 is 1.47 bits per heavy atom. The molecule has 1 N–H and O–H groups in total. The van der Waals surface area contributed by atoms with E-state index in [4.69, 9.17) is 4.74 Å². The van der Waals surface area contributed by atoms with E-state index in [0.29, 0.717) is 6.54 Å². The standard InChI is InChI=1S/C12H17NO2/c1-8-10-6-13(2)7-11(14)9(10)4-5-12(8)15-3/h4-5,11,14H,6-7H2,1-3H3/t11-/m1/s1. The lowest BCUT2D eigenvalue weighted by atomic mass is 9.93. The van der Waals surface area contributed by atoms with E-state index in [1.54, 1.807) is 7.11 Å². The fourth-order valence-electron chi connectivity index (χ4n) is 2.23. The predicted molar refractivity (Wildman–Crippen MR) is 59.0 cm³/mol. The summed E-state index contributed by atoms with van der Waals surface area (Å²) in [5.41, 5.74) is 3.39. The van der Waals surface area contributed by atoms with Gasteiger partial charge in [-0.3, -0.25) is 4.90 Å². The molecule has 3 nitrogen and oxygen atoms in total. The van der Waals surface area contributed by atoms with Crippen LogP contribution in [0.25, 0.3) is 0 Å². The second-order valence-electron chi connectivity index (χ2n) is 4.17. The van der Waals surface area contributed by atoms with Crippen LogP contribution in [-0.4, -0.2) is 30.7 Å². The quantitative estimate of drug-likeness (QED) is 0.757. The molecule has 0 spiro atoms. The molecule has 1 aliphatic rings. The van der Waals surface area contributed by atoms with Gasteiger partial charge in [-0.1, -0.05) is 6.07 Å². The van der Waals surface area contributed by atoms with Gasteiger partial charge in [-0.05, 0) is 36.7 Å². The number of fused-ring (bicyclic) bond motifs is 1. The topological polar surface area (TPSA) is 32.7 Å². The van der Waals surface area contributed by atoms with Gasteiger partial charge in [0.1, 0.15) is 5.75 Å². The summed E-state index contributed by atoms with van der Waals surface area (Å²) in [6.07, 6.45) is -0.372. The van der Waals surface area contributed by atoms with Crippen LogP contribution in [0.4, 0.5) is 0 Å². The van der Waals surface area contributed by atoms with E-state index in [0.717, 1.165) is 23.4 Å². The number of nitrogens with zero attached hydrogens (tertiary/aromatic N) is 1. The van der Waals surface area contributed by atoms with Crippen LogP contribution < -0.4 is 4.74 Å². The Hall–Kier alpha value is -1.06. The number of aliphatic hydroxyl groups is 1. The second kappa shape index (κ2) is 3.83. The minimum Gasteiger partial charge on any atom is -0.496 e. The molecule has 0 saturated carbocycles. The van der Waals surface area contributed by atoms with Gasteiger partial charge >= 0.3 is 0 Å². The van der Waals surface area contributed by atoms with Gasteiger partial charge in [0, 0.05) is 13.1 Å². The lowest BCUT2D eigenvalue weighted by molar-refractivity contribution is 0.107. The van der Waals surface area contributed by atoms with Crippen LogP contribution >= 0.6 is 0 Å². The molecular formula is C12H17NO2. The van der Waals surface area contributed by atoms with Gasteiger partial charge in [0.05, 0.1) is 13.2 Å². The molecule has 82 valence electrons. The minimum atomic E-state index is -0.372. The van der Waals surface area contributed by atoms with E-state index >= 15 is 0 Å². The molecule has 0 aromatic heterocycles. The average molecular weight is 207 g/mol. The van der Waals surface area contributed by atoms with Gasteiger partial charge in [-0.25, -0.2) is 0 Å². The van der Waals surface area contributed by atoms with Crippen LogP contribution in [0.2, 0.25) is 0 Å². The minimum absolute atomic E-state index is 0.372. The summed E-state index contributed by atoms with van der Waals surface area (Å²) < 4.78 is 5.28. The highest BCUT2D eigenvalue weighted by Gasteiger charge is 2.23. The van der Waals surface area contributed by atoms with Gasteiger partial charge in [-0.15, -0.1) is 0 Å². The van der Waals surface area contributed by atoms with Crippen molar-refractivity contribution in [2.24, 2.45) is 0 Å². The van der Waals surface area contributed by atoms with Crippen LogP contribution in [0.1, 0.15) is 22.8 Å². The van der Waals surface area contributed by atoms with Crippen molar-refractivity contribution in [3.8, 4) is 5.75 Å². The second-order valence-corrected chi connectivity index (χ2v) is 4.17. The molecule has 0 amide bonds. The molecule has 2 rings (SSSR count). The van der Waals surface area contributed by atoms with Crippen LogP contribution in [0.3, 0.4) is 0 Å².